The van der Waals surface area contributed by atoms with Crippen LogP contribution in [0.4, 0.5) is 4.39 Å². The lowest BCUT2D eigenvalue weighted by Crippen LogP contribution is -1.97. The predicted molar refractivity (Wildman–Crippen MR) is 91.0 cm³/mol. The van der Waals surface area contributed by atoms with Gasteiger partial charge in [0.15, 0.2) is 0 Å². The molecule has 0 aliphatic heterocycles. The van der Waals surface area contributed by atoms with Crippen molar-refractivity contribution >= 4 is 0 Å². The number of benzene rings is 2. The molecule has 0 N–H and O–H groups in total. The second-order valence-corrected chi connectivity index (χ2v) is 5.57. The minimum absolute atomic E-state index is 0.256. The average Bonchev–Trinajstić information content (AvgIpc) is 2.59. The Morgan fingerprint density at radius 2 is 1.62 bits per heavy atom. The Bertz CT molecular complexity index is 794. The summed E-state index contributed by atoms with van der Waals surface area (Å²) in [7, 11) is 0. The van der Waals surface area contributed by atoms with E-state index in [2.05, 4.69) is 4.98 Å². The molecule has 0 bridgehead atoms. The second kappa shape index (κ2) is 7.13. The third kappa shape index (κ3) is 3.90. The van der Waals surface area contributed by atoms with E-state index in [1.54, 1.807) is 30.5 Å². The molecule has 3 nitrogen and oxygen atoms in total. The second-order valence-electron chi connectivity index (χ2n) is 5.57. The number of aromatic nitrogens is 1. The summed E-state index contributed by atoms with van der Waals surface area (Å²) in [5.41, 5.74) is 3.02. The first-order valence-corrected chi connectivity index (χ1v) is 7.69. The molecule has 3 rings (SSSR count). The molecule has 0 spiro atoms. The molecule has 1 aromatic heterocycles. The average molecular weight is 323 g/mol. The van der Waals surface area contributed by atoms with E-state index in [0.29, 0.717) is 18.2 Å². The van der Waals surface area contributed by atoms with Crippen LogP contribution in [0.3, 0.4) is 0 Å². The fraction of sp³-hybridized carbons (Fsp3) is 0.150. The van der Waals surface area contributed by atoms with Gasteiger partial charge in [0.1, 0.15) is 23.9 Å². The van der Waals surface area contributed by atoms with E-state index in [0.717, 1.165) is 22.4 Å². The summed E-state index contributed by atoms with van der Waals surface area (Å²) >= 11 is 0. The van der Waals surface area contributed by atoms with Crippen LogP contribution >= 0.6 is 0 Å². The van der Waals surface area contributed by atoms with Crippen molar-refractivity contribution < 1.29 is 13.9 Å². The molecule has 2 aromatic carbocycles. The van der Waals surface area contributed by atoms with E-state index < -0.39 is 0 Å². The number of halogens is 1. The van der Waals surface area contributed by atoms with E-state index >= 15 is 0 Å². The van der Waals surface area contributed by atoms with Crippen LogP contribution in [-0.4, -0.2) is 4.98 Å². The Morgan fingerprint density at radius 3 is 2.25 bits per heavy atom. The zero-order chi connectivity index (χ0) is 16.9. The number of rotatable bonds is 5. The van der Waals surface area contributed by atoms with E-state index in [1.165, 1.54) is 12.1 Å². The minimum atomic E-state index is -0.256. The third-order valence-corrected chi connectivity index (χ3v) is 3.64. The molecule has 0 fully saturated rings. The molecule has 4 heteroatoms. The number of aryl methyl sites for hydroxylation is 2. The highest BCUT2D eigenvalue weighted by atomic mass is 19.1. The Balaban J connectivity index is 1.64. The van der Waals surface area contributed by atoms with Crippen molar-refractivity contribution in [1.82, 2.24) is 4.98 Å². The predicted octanol–water partition coefficient (Wildman–Crippen LogP) is 5.21. The quantitative estimate of drug-likeness (QED) is 0.646. The van der Waals surface area contributed by atoms with Gasteiger partial charge in [0.2, 0.25) is 5.88 Å². The standard InChI is InChI=1S/C20H18FNO2/c1-14-4-3-5-15(2)20(14)24-19-11-10-18(12-22-19)23-13-16-6-8-17(21)9-7-16/h3-12H,13H2,1-2H3. The van der Waals surface area contributed by atoms with Gasteiger partial charge < -0.3 is 9.47 Å². The van der Waals surface area contributed by atoms with Crippen LogP contribution in [0.1, 0.15) is 16.7 Å². The first-order valence-electron chi connectivity index (χ1n) is 7.69. The van der Waals surface area contributed by atoms with Crippen LogP contribution in [0, 0.1) is 19.7 Å². The zero-order valence-electron chi connectivity index (χ0n) is 13.6. The number of nitrogens with zero attached hydrogens (tertiary/aromatic N) is 1. The van der Waals surface area contributed by atoms with Crippen molar-refractivity contribution in [1.29, 1.82) is 0 Å². The highest BCUT2D eigenvalue weighted by Gasteiger charge is 2.06. The normalized spacial score (nSPS) is 10.5. The lowest BCUT2D eigenvalue weighted by molar-refractivity contribution is 0.304. The Kier molecular flexibility index (Phi) is 4.75. The fourth-order valence-electron chi connectivity index (χ4n) is 2.32. The SMILES string of the molecule is Cc1cccc(C)c1Oc1ccc(OCc2ccc(F)cc2)cn1. The number of hydrogen-bond donors (Lipinski definition) is 0. The highest BCUT2D eigenvalue weighted by molar-refractivity contribution is 5.42. The molecule has 0 aliphatic rings. The summed E-state index contributed by atoms with van der Waals surface area (Å²) in [4.78, 5) is 4.28. The van der Waals surface area contributed by atoms with E-state index in [1.807, 2.05) is 32.0 Å². The maximum atomic E-state index is 12.9. The summed E-state index contributed by atoms with van der Waals surface area (Å²) in [6, 6.07) is 15.8. The molecule has 0 atom stereocenters. The number of hydrogen-bond acceptors (Lipinski definition) is 3. The molecule has 1 heterocycles. The fourth-order valence-corrected chi connectivity index (χ4v) is 2.32. The van der Waals surface area contributed by atoms with Gasteiger partial charge >= 0.3 is 0 Å². The van der Waals surface area contributed by atoms with Gasteiger partial charge in [-0.2, -0.15) is 0 Å². The van der Waals surface area contributed by atoms with Gasteiger partial charge in [-0.05, 0) is 48.7 Å². The van der Waals surface area contributed by atoms with Crippen LogP contribution in [0.25, 0.3) is 0 Å². The summed E-state index contributed by atoms with van der Waals surface area (Å²) in [6.45, 7) is 4.37. The molecular weight excluding hydrogens is 305 g/mol. The first kappa shape index (κ1) is 16.0. The Morgan fingerprint density at radius 1 is 0.917 bits per heavy atom. The summed E-state index contributed by atoms with van der Waals surface area (Å²) in [6.07, 6.45) is 1.62. The molecule has 0 saturated heterocycles. The summed E-state index contributed by atoms with van der Waals surface area (Å²) < 4.78 is 24.4. The minimum Gasteiger partial charge on any atom is -0.487 e. The van der Waals surface area contributed by atoms with Crippen molar-refractivity contribution in [2.75, 3.05) is 0 Å². The van der Waals surface area contributed by atoms with Crippen LogP contribution in [-0.2, 0) is 6.61 Å². The maximum Gasteiger partial charge on any atom is 0.219 e. The molecule has 122 valence electrons. The Labute approximate surface area is 140 Å². The monoisotopic (exact) mass is 323 g/mol. The molecule has 0 saturated carbocycles. The largest absolute Gasteiger partial charge is 0.487 e. The van der Waals surface area contributed by atoms with Crippen molar-refractivity contribution in [2.45, 2.75) is 20.5 Å². The van der Waals surface area contributed by atoms with Crippen LogP contribution in [0.2, 0.25) is 0 Å². The van der Waals surface area contributed by atoms with E-state index in [4.69, 9.17) is 9.47 Å². The van der Waals surface area contributed by atoms with Gasteiger partial charge in [0, 0.05) is 6.07 Å². The lowest BCUT2D eigenvalue weighted by atomic mass is 10.1. The topological polar surface area (TPSA) is 31.4 Å². The molecule has 0 amide bonds. The van der Waals surface area contributed by atoms with Crippen molar-refractivity contribution in [3.8, 4) is 17.4 Å². The van der Waals surface area contributed by atoms with Crippen LogP contribution < -0.4 is 9.47 Å². The van der Waals surface area contributed by atoms with Gasteiger partial charge in [-0.15, -0.1) is 0 Å². The summed E-state index contributed by atoms with van der Waals surface area (Å²) in [5, 5.41) is 0. The van der Waals surface area contributed by atoms with Gasteiger partial charge in [0.25, 0.3) is 0 Å². The van der Waals surface area contributed by atoms with Crippen molar-refractivity contribution in [2.24, 2.45) is 0 Å². The van der Waals surface area contributed by atoms with Crippen molar-refractivity contribution in [3.63, 3.8) is 0 Å². The number of ether oxygens (including phenoxy) is 2. The van der Waals surface area contributed by atoms with Gasteiger partial charge in [0.05, 0.1) is 6.20 Å². The van der Waals surface area contributed by atoms with Crippen LogP contribution in [0.5, 0.6) is 17.4 Å². The summed E-state index contributed by atoms with van der Waals surface area (Å²) in [5.74, 6) is 1.72. The van der Waals surface area contributed by atoms with Crippen LogP contribution in [0.15, 0.2) is 60.8 Å². The molecule has 0 unspecified atom stereocenters. The van der Waals surface area contributed by atoms with Gasteiger partial charge in [-0.25, -0.2) is 9.37 Å². The Hall–Kier alpha value is -2.88. The zero-order valence-corrected chi connectivity index (χ0v) is 13.6. The smallest absolute Gasteiger partial charge is 0.219 e. The molecular formula is C20H18FNO2. The number of pyridine rings is 1. The molecule has 24 heavy (non-hydrogen) atoms. The molecule has 3 aromatic rings. The lowest BCUT2D eigenvalue weighted by Gasteiger charge is -2.11. The molecule has 0 aliphatic carbocycles. The van der Waals surface area contributed by atoms with Gasteiger partial charge in [-0.3, -0.25) is 0 Å². The highest BCUT2D eigenvalue weighted by Crippen LogP contribution is 2.28. The van der Waals surface area contributed by atoms with Gasteiger partial charge in [-0.1, -0.05) is 30.3 Å². The third-order valence-electron chi connectivity index (χ3n) is 3.64. The maximum absolute atomic E-state index is 12.9. The van der Waals surface area contributed by atoms with Crippen molar-refractivity contribution in [3.05, 3.63) is 83.3 Å². The van der Waals surface area contributed by atoms with E-state index in [9.17, 15) is 4.39 Å². The number of para-hydroxylation sites is 1. The molecule has 0 radical (unpaired) electrons. The van der Waals surface area contributed by atoms with E-state index in [-0.39, 0.29) is 5.82 Å². The first-order chi connectivity index (χ1) is 11.6.